The quantitative estimate of drug-likeness (QED) is 0.895. The lowest BCUT2D eigenvalue weighted by Gasteiger charge is -2.31. The molecule has 1 aromatic heterocycles. The van der Waals surface area contributed by atoms with Gasteiger partial charge in [0.15, 0.2) is 0 Å². The molecule has 6 heteroatoms. The van der Waals surface area contributed by atoms with Crippen molar-refractivity contribution < 1.29 is 4.79 Å². The second kappa shape index (κ2) is 7.84. The zero-order chi connectivity index (χ0) is 18.7. The number of benzene rings is 1. The first-order chi connectivity index (χ1) is 12.5. The molecule has 0 saturated carbocycles. The van der Waals surface area contributed by atoms with E-state index in [2.05, 4.69) is 13.0 Å². The van der Waals surface area contributed by atoms with Crippen LogP contribution in [-0.4, -0.2) is 28.5 Å². The van der Waals surface area contributed by atoms with E-state index in [-0.39, 0.29) is 12.5 Å². The Morgan fingerprint density at radius 3 is 2.92 bits per heavy atom. The molecule has 2 N–H and O–H groups in total. The largest absolute Gasteiger partial charge is 0.397 e. The number of amides is 1. The van der Waals surface area contributed by atoms with Gasteiger partial charge in [-0.3, -0.25) is 4.79 Å². The Bertz CT molecular complexity index is 852. The second-order valence-electron chi connectivity index (χ2n) is 7.02. The molecule has 3 rings (SSSR count). The van der Waals surface area contributed by atoms with Crippen LogP contribution in [0.2, 0.25) is 5.02 Å². The molecule has 26 heavy (non-hydrogen) atoms. The monoisotopic (exact) mass is 370 g/mol. The fraction of sp³-hybridized carbons (Fsp3) is 0.400. The van der Waals surface area contributed by atoms with Crippen LogP contribution in [0.25, 0.3) is 0 Å². The van der Waals surface area contributed by atoms with Gasteiger partial charge in [0, 0.05) is 30.2 Å². The molecular weight excluding hydrogens is 348 g/mol. The molecule has 0 radical (unpaired) electrons. The van der Waals surface area contributed by atoms with Crippen molar-refractivity contribution in [3.05, 3.63) is 52.3 Å². The van der Waals surface area contributed by atoms with E-state index >= 15 is 0 Å². The number of nitriles is 1. The molecular formula is C20H23ClN4O. The molecule has 136 valence electrons. The third-order valence-corrected chi connectivity index (χ3v) is 5.16. The smallest absolute Gasteiger partial charge is 0.242 e. The molecule has 1 aliphatic rings. The molecule has 2 aromatic rings. The number of carbonyl (C=O) groups is 1. The minimum absolute atomic E-state index is 0.0380. The number of piperidine rings is 1. The maximum atomic E-state index is 12.8. The van der Waals surface area contributed by atoms with Gasteiger partial charge in [0.25, 0.3) is 0 Å². The molecule has 1 atom stereocenters. The Kier molecular flexibility index (Phi) is 5.53. The van der Waals surface area contributed by atoms with Crippen molar-refractivity contribution in [1.29, 1.82) is 5.26 Å². The standard InChI is InChI=1S/C20H23ClN4O/c1-14-4-3-7-24(12-14)20(26)13-25-17(11-22)10-18(23)19(25)9-15-5-2-6-16(21)8-15/h2,5-6,8,10,14H,3-4,7,9,12-13,23H2,1H3/t14-/m0/s1. The van der Waals surface area contributed by atoms with Crippen molar-refractivity contribution in [2.45, 2.75) is 32.7 Å². The van der Waals surface area contributed by atoms with Crippen LogP contribution in [0, 0.1) is 17.2 Å². The van der Waals surface area contributed by atoms with Crippen LogP contribution < -0.4 is 5.73 Å². The number of anilines is 1. The summed E-state index contributed by atoms with van der Waals surface area (Å²) in [5.74, 6) is 0.555. The van der Waals surface area contributed by atoms with E-state index in [0.29, 0.717) is 28.7 Å². The van der Waals surface area contributed by atoms with Gasteiger partial charge in [-0.25, -0.2) is 0 Å². The first-order valence-electron chi connectivity index (χ1n) is 8.88. The Balaban J connectivity index is 1.86. The number of nitrogens with two attached hydrogens (primary N) is 1. The van der Waals surface area contributed by atoms with Crippen LogP contribution in [0.1, 0.15) is 36.7 Å². The van der Waals surface area contributed by atoms with E-state index in [1.165, 1.54) is 0 Å². The van der Waals surface area contributed by atoms with E-state index < -0.39 is 0 Å². The third-order valence-electron chi connectivity index (χ3n) is 4.92. The Morgan fingerprint density at radius 1 is 1.42 bits per heavy atom. The molecule has 1 fully saturated rings. The highest BCUT2D eigenvalue weighted by Crippen LogP contribution is 2.24. The molecule has 5 nitrogen and oxygen atoms in total. The van der Waals surface area contributed by atoms with Gasteiger partial charge in [0.2, 0.25) is 5.91 Å². The molecule has 0 spiro atoms. The lowest BCUT2D eigenvalue weighted by atomic mass is 10.0. The van der Waals surface area contributed by atoms with Crippen molar-refractivity contribution >= 4 is 23.2 Å². The number of aromatic nitrogens is 1. The second-order valence-corrected chi connectivity index (χ2v) is 7.46. The molecule has 0 aliphatic carbocycles. The zero-order valence-electron chi connectivity index (χ0n) is 14.9. The van der Waals surface area contributed by atoms with Gasteiger partial charge in [-0.05, 0) is 42.5 Å². The van der Waals surface area contributed by atoms with Crippen molar-refractivity contribution in [1.82, 2.24) is 9.47 Å². The summed E-state index contributed by atoms with van der Waals surface area (Å²) in [4.78, 5) is 14.7. The van der Waals surface area contributed by atoms with Gasteiger partial charge >= 0.3 is 0 Å². The highest BCUT2D eigenvalue weighted by atomic mass is 35.5. The molecule has 1 aromatic carbocycles. The average molecular weight is 371 g/mol. The maximum absolute atomic E-state index is 12.8. The number of rotatable bonds is 4. The Labute approximate surface area is 159 Å². The molecule has 0 unspecified atom stereocenters. The summed E-state index contributed by atoms with van der Waals surface area (Å²) in [6, 6.07) is 11.3. The van der Waals surface area contributed by atoms with E-state index in [1.807, 2.05) is 29.2 Å². The predicted octanol–water partition coefficient (Wildman–Crippen LogP) is 3.44. The highest BCUT2D eigenvalue weighted by molar-refractivity contribution is 6.30. The van der Waals surface area contributed by atoms with Crippen molar-refractivity contribution in [2.75, 3.05) is 18.8 Å². The molecule has 1 amide bonds. The Morgan fingerprint density at radius 2 is 2.23 bits per heavy atom. The van der Waals surface area contributed by atoms with Crippen molar-refractivity contribution in [3.63, 3.8) is 0 Å². The number of likely N-dealkylation sites (tertiary alicyclic amines) is 1. The van der Waals surface area contributed by atoms with Crippen LogP contribution in [-0.2, 0) is 17.8 Å². The first kappa shape index (κ1) is 18.3. The topological polar surface area (TPSA) is 75.0 Å². The van der Waals surface area contributed by atoms with Crippen molar-refractivity contribution in [3.8, 4) is 6.07 Å². The minimum atomic E-state index is 0.0380. The highest BCUT2D eigenvalue weighted by Gasteiger charge is 2.23. The average Bonchev–Trinajstić information content (AvgIpc) is 2.90. The maximum Gasteiger partial charge on any atom is 0.242 e. The first-order valence-corrected chi connectivity index (χ1v) is 9.26. The van der Waals surface area contributed by atoms with Crippen molar-refractivity contribution in [2.24, 2.45) is 5.92 Å². The van der Waals surface area contributed by atoms with Crippen LogP contribution >= 0.6 is 11.6 Å². The van der Waals surface area contributed by atoms with Gasteiger partial charge in [-0.2, -0.15) is 5.26 Å². The van der Waals surface area contributed by atoms with Crippen LogP contribution in [0.5, 0.6) is 0 Å². The fourth-order valence-corrected chi connectivity index (χ4v) is 3.78. The van der Waals surface area contributed by atoms with Gasteiger partial charge in [-0.1, -0.05) is 30.7 Å². The third kappa shape index (κ3) is 4.03. The van der Waals surface area contributed by atoms with Gasteiger partial charge < -0.3 is 15.2 Å². The SMILES string of the molecule is C[C@H]1CCCN(C(=O)Cn2c(C#N)cc(N)c2Cc2cccc(Cl)c2)C1. The number of nitrogen functional groups attached to an aromatic ring is 1. The van der Waals surface area contributed by atoms with E-state index in [9.17, 15) is 10.1 Å². The summed E-state index contributed by atoms with van der Waals surface area (Å²) in [5, 5.41) is 10.1. The van der Waals surface area contributed by atoms with Crippen LogP contribution in [0.3, 0.4) is 0 Å². The van der Waals surface area contributed by atoms with Gasteiger partial charge in [0.1, 0.15) is 18.3 Å². The summed E-state index contributed by atoms with van der Waals surface area (Å²) in [7, 11) is 0. The minimum Gasteiger partial charge on any atom is -0.397 e. The fourth-order valence-electron chi connectivity index (χ4n) is 3.57. The summed E-state index contributed by atoms with van der Waals surface area (Å²) in [6.45, 7) is 3.87. The number of hydrogen-bond acceptors (Lipinski definition) is 3. The molecule has 1 aliphatic heterocycles. The number of halogens is 1. The number of nitrogens with zero attached hydrogens (tertiary/aromatic N) is 3. The molecule has 2 heterocycles. The Hall–Kier alpha value is -2.45. The van der Waals surface area contributed by atoms with Crippen LogP contribution in [0.4, 0.5) is 5.69 Å². The molecule has 0 bridgehead atoms. The van der Waals surface area contributed by atoms with E-state index in [1.54, 1.807) is 10.6 Å². The van der Waals surface area contributed by atoms with Crippen LogP contribution in [0.15, 0.2) is 30.3 Å². The summed E-state index contributed by atoms with van der Waals surface area (Å²) >= 11 is 6.07. The lowest BCUT2D eigenvalue weighted by molar-refractivity contribution is -0.133. The van der Waals surface area contributed by atoms with Gasteiger partial charge in [-0.15, -0.1) is 0 Å². The van der Waals surface area contributed by atoms with Gasteiger partial charge in [0.05, 0.1) is 5.69 Å². The summed E-state index contributed by atoms with van der Waals surface area (Å²) in [5.41, 5.74) is 8.87. The van der Waals surface area contributed by atoms with E-state index in [4.69, 9.17) is 17.3 Å². The lowest BCUT2D eigenvalue weighted by Crippen LogP contribution is -2.41. The normalized spacial score (nSPS) is 17.1. The summed E-state index contributed by atoms with van der Waals surface area (Å²) < 4.78 is 1.75. The summed E-state index contributed by atoms with van der Waals surface area (Å²) in [6.07, 6.45) is 2.71. The number of carbonyl (C=O) groups excluding carboxylic acids is 1. The predicted molar refractivity (Wildman–Crippen MR) is 103 cm³/mol. The zero-order valence-corrected chi connectivity index (χ0v) is 15.7. The molecule has 1 saturated heterocycles. The van der Waals surface area contributed by atoms with E-state index in [0.717, 1.165) is 37.2 Å². The number of hydrogen-bond donors (Lipinski definition) is 1.